The normalized spacial score (nSPS) is 20.9. The predicted octanol–water partition coefficient (Wildman–Crippen LogP) is 2.04. The Hall–Kier alpha value is -2.70. The molecule has 0 radical (unpaired) electrons. The number of aromatic nitrogens is 3. The van der Waals surface area contributed by atoms with E-state index in [0.29, 0.717) is 6.54 Å². The van der Waals surface area contributed by atoms with Crippen LogP contribution in [0.15, 0.2) is 36.9 Å². The zero-order valence-corrected chi connectivity index (χ0v) is 15.0. The topological polar surface area (TPSA) is 80.1 Å². The van der Waals surface area contributed by atoms with Gasteiger partial charge in [0.15, 0.2) is 0 Å². The number of hydrogen-bond acceptors (Lipinski definition) is 4. The minimum absolute atomic E-state index is 0.0339. The molecular weight excluding hydrogens is 318 g/mol. The highest BCUT2D eigenvalue weighted by Gasteiger charge is 2.48. The van der Waals surface area contributed by atoms with Gasteiger partial charge in [-0.1, -0.05) is 45.0 Å². The summed E-state index contributed by atoms with van der Waals surface area (Å²) in [6.45, 7) is 8.82. The first kappa shape index (κ1) is 17.1. The number of nitrogens with zero attached hydrogens (tertiary/aromatic N) is 4. The molecule has 1 aromatic carbocycles. The van der Waals surface area contributed by atoms with Gasteiger partial charge >= 0.3 is 6.03 Å². The fraction of sp³-hybridized carbons (Fsp3) is 0.444. The highest BCUT2D eigenvalue weighted by molar-refractivity contribution is 6.07. The Morgan fingerprint density at radius 3 is 2.36 bits per heavy atom. The third-order valence-corrected chi connectivity index (χ3v) is 4.62. The Morgan fingerprint density at radius 2 is 1.80 bits per heavy atom. The van der Waals surface area contributed by atoms with Gasteiger partial charge in [0.25, 0.3) is 5.91 Å². The molecule has 0 unspecified atom stereocenters. The molecule has 0 saturated carbocycles. The molecule has 0 spiro atoms. The maximum absolute atomic E-state index is 12.9. The summed E-state index contributed by atoms with van der Waals surface area (Å²) in [6, 6.07) is 7.47. The Morgan fingerprint density at radius 1 is 1.12 bits per heavy atom. The van der Waals surface area contributed by atoms with E-state index in [1.807, 2.05) is 24.3 Å². The quantitative estimate of drug-likeness (QED) is 0.863. The van der Waals surface area contributed by atoms with E-state index in [4.69, 9.17) is 0 Å². The molecular formula is C18H23N5O2. The fourth-order valence-corrected chi connectivity index (χ4v) is 2.95. The minimum Gasteiger partial charge on any atom is -0.319 e. The summed E-state index contributed by atoms with van der Waals surface area (Å²) in [6.07, 6.45) is 2.98. The van der Waals surface area contributed by atoms with Crippen LogP contribution in [0.5, 0.6) is 0 Å². The maximum atomic E-state index is 12.9. The second kappa shape index (κ2) is 5.98. The van der Waals surface area contributed by atoms with Crippen molar-refractivity contribution in [3.63, 3.8) is 0 Å². The zero-order valence-electron chi connectivity index (χ0n) is 15.0. The van der Waals surface area contributed by atoms with Crippen LogP contribution < -0.4 is 5.32 Å². The Kier molecular flexibility index (Phi) is 4.10. The third kappa shape index (κ3) is 3.14. The van der Waals surface area contributed by atoms with E-state index in [9.17, 15) is 9.59 Å². The molecule has 0 aliphatic carbocycles. The van der Waals surface area contributed by atoms with Crippen LogP contribution in [0, 0.1) is 0 Å². The van der Waals surface area contributed by atoms with Crippen molar-refractivity contribution < 1.29 is 9.59 Å². The van der Waals surface area contributed by atoms with Crippen LogP contribution in [-0.4, -0.2) is 38.1 Å². The van der Waals surface area contributed by atoms with Crippen molar-refractivity contribution in [2.24, 2.45) is 0 Å². The molecule has 0 bridgehead atoms. The second-order valence-electron chi connectivity index (χ2n) is 7.50. The van der Waals surface area contributed by atoms with Gasteiger partial charge in [0, 0.05) is 0 Å². The van der Waals surface area contributed by atoms with Gasteiger partial charge in [-0.3, -0.25) is 14.4 Å². The third-order valence-electron chi connectivity index (χ3n) is 4.62. The lowest BCUT2D eigenvalue weighted by atomic mass is 9.84. The summed E-state index contributed by atoms with van der Waals surface area (Å²) in [4.78, 5) is 30.3. The van der Waals surface area contributed by atoms with Gasteiger partial charge in [0.2, 0.25) is 0 Å². The van der Waals surface area contributed by atoms with Gasteiger partial charge in [-0.05, 0) is 23.5 Å². The molecule has 1 N–H and O–H groups in total. The number of nitrogens with one attached hydrogen (secondary N) is 1. The van der Waals surface area contributed by atoms with E-state index < -0.39 is 5.54 Å². The van der Waals surface area contributed by atoms with Crippen LogP contribution in [0.2, 0.25) is 0 Å². The SMILES string of the molecule is CC(C)(C)c1ccc([C@@]2(C)NC(=O)N(CCn3cncn3)C2=O)cc1. The fourth-order valence-electron chi connectivity index (χ4n) is 2.95. The van der Waals surface area contributed by atoms with Crippen LogP contribution >= 0.6 is 0 Å². The maximum Gasteiger partial charge on any atom is 0.325 e. The van der Waals surface area contributed by atoms with Crippen LogP contribution in [0.3, 0.4) is 0 Å². The van der Waals surface area contributed by atoms with Crippen molar-refractivity contribution in [2.45, 2.75) is 45.2 Å². The number of benzene rings is 1. The summed E-state index contributed by atoms with van der Waals surface area (Å²) in [5, 5.41) is 6.82. The molecule has 1 fully saturated rings. The predicted molar refractivity (Wildman–Crippen MR) is 92.8 cm³/mol. The van der Waals surface area contributed by atoms with E-state index in [0.717, 1.165) is 5.56 Å². The molecule has 1 aliphatic rings. The summed E-state index contributed by atoms with van der Waals surface area (Å²) in [5.74, 6) is -0.249. The lowest BCUT2D eigenvalue weighted by Crippen LogP contribution is -2.41. The number of urea groups is 1. The summed E-state index contributed by atoms with van der Waals surface area (Å²) in [7, 11) is 0. The van der Waals surface area contributed by atoms with Crippen molar-refractivity contribution in [3.8, 4) is 0 Å². The molecule has 7 nitrogen and oxygen atoms in total. The molecule has 1 aliphatic heterocycles. The highest BCUT2D eigenvalue weighted by atomic mass is 16.2. The van der Waals surface area contributed by atoms with E-state index in [2.05, 4.69) is 36.2 Å². The van der Waals surface area contributed by atoms with Gasteiger partial charge in [-0.2, -0.15) is 5.10 Å². The van der Waals surface area contributed by atoms with Crippen molar-refractivity contribution in [1.29, 1.82) is 0 Å². The summed E-state index contributed by atoms with van der Waals surface area (Å²) in [5.41, 5.74) is 0.948. The van der Waals surface area contributed by atoms with Gasteiger partial charge in [-0.25, -0.2) is 9.78 Å². The molecule has 2 heterocycles. The molecule has 7 heteroatoms. The van der Waals surface area contributed by atoms with E-state index in [1.165, 1.54) is 16.8 Å². The number of hydrogen-bond donors (Lipinski definition) is 1. The number of carbonyl (C=O) groups is 2. The molecule has 132 valence electrons. The zero-order chi connectivity index (χ0) is 18.2. The smallest absolute Gasteiger partial charge is 0.319 e. The van der Waals surface area contributed by atoms with Crippen LogP contribution in [0.4, 0.5) is 4.79 Å². The van der Waals surface area contributed by atoms with E-state index in [1.54, 1.807) is 17.9 Å². The minimum atomic E-state index is -1.05. The molecule has 1 atom stereocenters. The van der Waals surface area contributed by atoms with Crippen molar-refractivity contribution in [2.75, 3.05) is 6.54 Å². The molecule has 1 saturated heterocycles. The average molecular weight is 341 g/mol. The first-order valence-electron chi connectivity index (χ1n) is 8.29. The lowest BCUT2D eigenvalue weighted by Gasteiger charge is -2.24. The van der Waals surface area contributed by atoms with Gasteiger partial charge in [-0.15, -0.1) is 0 Å². The van der Waals surface area contributed by atoms with Crippen LogP contribution in [0.25, 0.3) is 0 Å². The highest BCUT2D eigenvalue weighted by Crippen LogP contribution is 2.31. The largest absolute Gasteiger partial charge is 0.325 e. The molecule has 3 rings (SSSR count). The van der Waals surface area contributed by atoms with Gasteiger partial charge in [0.05, 0.1) is 13.1 Å². The molecule has 3 amide bonds. The van der Waals surface area contributed by atoms with Crippen LogP contribution in [-0.2, 0) is 22.3 Å². The van der Waals surface area contributed by atoms with Crippen LogP contribution in [0.1, 0.15) is 38.8 Å². The molecule has 1 aromatic heterocycles. The average Bonchev–Trinajstić information content (AvgIpc) is 3.14. The Bertz CT molecular complexity index is 777. The number of amides is 3. The summed E-state index contributed by atoms with van der Waals surface area (Å²) >= 11 is 0. The Balaban J connectivity index is 1.79. The number of rotatable bonds is 4. The standard InChI is InChI=1S/C18H23N5O2/c1-17(2,3)13-5-7-14(8-6-13)18(4)15(24)23(16(25)21-18)10-9-22-12-19-11-20-22/h5-8,11-12H,9-10H2,1-4H3,(H,21,25)/t18-/m1/s1. The van der Waals surface area contributed by atoms with Crippen molar-refractivity contribution >= 4 is 11.9 Å². The van der Waals surface area contributed by atoms with Crippen molar-refractivity contribution in [1.82, 2.24) is 25.0 Å². The second-order valence-corrected chi connectivity index (χ2v) is 7.50. The first-order valence-corrected chi connectivity index (χ1v) is 8.29. The lowest BCUT2D eigenvalue weighted by molar-refractivity contribution is -0.131. The summed E-state index contributed by atoms with van der Waals surface area (Å²) < 4.78 is 1.59. The Labute approximate surface area is 147 Å². The van der Waals surface area contributed by atoms with Crippen molar-refractivity contribution in [3.05, 3.63) is 48.0 Å². The number of carbonyl (C=O) groups excluding carboxylic acids is 2. The van der Waals surface area contributed by atoms with Gasteiger partial charge in [0.1, 0.15) is 18.2 Å². The first-order chi connectivity index (χ1) is 11.7. The van der Waals surface area contributed by atoms with E-state index >= 15 is 0 Å². The number of imide groups is 1. The molecule has 2 aromatic rings. The van der Waals surface area contributed by atoms with E-state index in [-0.39, 0.29) is 23.9 Å². The van der Waals surface area contributed by atoms with Gasteiger partial charge < -0.3 is 5.32 Å². The molecule has 25 heavy (non-hydrogen) atoms. The monoisotopic (exact) mass is 341 g/mol.